The molecule has 0 spiro atoms. The number of halogens is 3. The molecule has 0 bridgehead atoms. The van der Waals surface area contributed by atoms with Crippen molar-refractivity contribution in [1.29, 1.82) is 0 Å². The summed E-state index contributed by atoms with van der Waals surface area (Å²) < 4.78 is 26.1. The SMILES string of the molecule is O=CCC(F)(F)c1cccc(Cl)c1. The molecule has 0 aliphatic heterocycles. The van der Waals surface area contributed by atoms with Gasteiger partial charge in [0, 0.05) is 10.6 Å². The second-order valence-corrected chi connectivity index (χ2v) is 3.02. The quantitative estimate of drug-likeness (QED) is 0.692. The lowest BCUT2D eigenvalue weighted by Crippen LogP contribution is -2.13. The van der Waals surface area contributed by atoms with Gasteiger partial charge in [-0.3, -0.25) is 0 Å². The minimum absolute atomic E-state index is 0.195. The molecule has 70 valence electrons. The number of carbonyl (C=O) groups is 1. The number of carbonyl (C=O) groups excluding carboxylic acids is 1. The van der Waals surface area contributed by atoms with E-state index in [4.69, 9.17) is 11.6 Å². The molecule has 0 N–H and O–H groups in total. The van der Waals surface area contributed by atoms with E-state index < -0.39 is 12.3 Å². The molecule has 0 aromatic heterocycles. The molecule has 1 aromatic rings. The highest BCUT2D eigenvalue weighted by Gasteiger charge is 2.30. The summed E-state index contributed by atoms with van der Waals surface area (Å²) in [5.41, 5.74) is -0.230. The van der Waals surface area contributed by atoms with E-state index in [0.29, 0.717) is 0 Å². The van der Waals surface area contributed by atoms with Gasteiger partial charge in [-0.1, -0.05) is 23.7 Å². The highest BCUT2D eigenvalue weighted by atomic mass is 35.5. The summed E-state index contributed by atoms with van der Waals surface area (Å²) in [4.78, 5) is 9.97. The standard InChI is InChI=1S/C9H7ClF2O/c10-8-3-1-2-7(6-8)9(11,12)4-5-13/h1-3,5-6H,4H2. The highest BCUT2D eigenvalue weighted by molar-refractivity contribution is 6.30. The van der Waals surface area contributed by atoms with Crippen LogP contribution in [-0.2, 0) is 10.7 Å². The molecule has 1 rings (SSSR count). The Balaban J connectivity index is 2.99. The first-order chi connectivity index (χ1) is 6.06. The number of hydrogen-bond acceptors (Lipinski definition) is 1. The normalized spacial score (nSPS) is 11.3. The largest absolute Gasteiger partial charge is 0.303 e. The number of rotatable bonds is 3. The zero-order chi connectivity index (χ0) is 9.90. The first kappa shape index (κ1) is 10.1. The van der Waals surface area contributed by atoms with Crippen LogP contribution >= 0.6 is 11.6 Å². The van der Waals surface area contributed by atoms with E-state index in [2.05, 4.69) is 0 Å². The second-order valence-electron chi connectivity index (χ2n) is 2.59. The van der Waals surface area contributed by atoms with Crippen LogP contribution in [0.3, 0.4) is 0 Å². The number of hydrogen-bond donors (Lipinski definition) is 0. The van der Waals surface area contributed by atoms with Gasteiger partial charge >= 0.3 is 0 Å². The summed E-state index contributed by atoms with van der Waals surface area (Å²) >= 11 is 5.53. The van der Waals surface area contributed by atoms with Crippen LogP contribution in [0.4, 0.5) is 8.78 Å². The van der Waals surface area contributed by atoms with E-state index in [9.17, 15) is 13.6 Å². The van der Waals surface area contributed by atoms with Crippen molar-refractivity contribution >= 4 is 17.9 Å². The minimum Gasteiger partial charge on any atom is -0.303 e. The summed E-state index contributed by atoms with van der Waals surface area (Å²) in [6, 6.07) is 5.33. The molecule has 1 aromatic carbocycles. The number of aldehydes is 1. The van der Waals surface area contributed by atoms with Crippen LogP contribution in [0.2, 0.25) is 5.02 Å². The van der Waals surface area contributed by atoms with Crippen LogP contribution in [0.1, 0.15) is 12.0 Å². The van der Waals surface area contributed by atoms with Gasteiger partial charge in [0.2, 0.25) is 0 Å². The molecule has 0 radical (unpaired) electrons. The molecule has 0 aliphatic carbocycles. The zero-order valence-electron chi connectivity index (χ0n) is 6.64. The Morgan fingerprint density at radius 3 is 2.69 bits per heavy atom. The number of alkyl halides is 2. The van der Waals surface area contributed by atoms with Gasteiger partial charge in [-0.25, -0.2) is 8.78 Å². The molecule has 0 heterocycles. The zero-order valence-corrected chi connectivity index (χ0v) is 7.39. The third-order valence-electron chi connectivity index (χ3n) is 1.59. The average Bonchev–Trinajstić information content (AvgIpc) is 2.04. The van der Waals surface area contributed by atoms with Crippen molar-refractivity contribution in [2.75, 3.05) is 0 Å². The molecular weight excluding hydrogens is 198 g/mol. The van der Waals surface area contributed by atoms with Crippen LogP contribution in [0, 0.1) is 0 Å². The van der Waals surface area contributed by atoms with Gasteiger partial charge in [0.25, 0.3) is 5.92 Å². The van der Waals surface area contributed by atoms with E-state index in [1.807, 2.05) is 0 Å². The predicted molar refractivity (Wildman–Crippen MR) is 46.0 cm³/mol. The van der Waals surface area contributed by atoms with E-state index in [1.54, 1.807) is 0 Å². The smallest absolute Gasteiger partial charge is 0.279 e. The maximum atomic E-state index is 13.0. The van der Waals surface area contributed by atoms with Gasteiger partial charge in [-0.15, -0.1) is 0 Å². The van der Waals surface area contributed by atoms with Crippen molar-refractivity contribution in [3.8, 4) is 0 Å². The van der Waals surface area contributed by atoms with Gasteiger partial charge in [0.1, 0.15) is 6.29 Å². The van der Waals surface area contributed by atoms with Crippen molar-refractivity contribution in [2.45, 2.75) is 12.3 Å². The Morgan fingerprint density at radius 1 is 1.46 bits per heavy atom. The second kappa shape index (κ2) is 3.83. The molecule has 0 atom stereocenters. The lowest BCUT2D eigenvalue weighted by Gasteiger charge is -2.13. The molecule has 0 aliphatic rings. The van der Waals surface area contributed by atoms with Crippen molar-refractivity contribution in [3.63, 3.8) is 0 Å². The van der Waals surface area contributed by atoms with Crippen molar-refractivity contribution < 1.29 is 13.6 Å². The fourth-order valence-electron chi connectivity index (χ4n) is 0.939. The monoisotopic (exact) mass is 204 g/mol. The maximum Gasteiger partial charge on any atom is 0.279 e. The van der Waals surface area contributed by atoms with Gasteiger partial charge in [0.05, 0.1) is 6.42 Å². The van der Waals surface area contributed by atoms with Crippen molar-refractivity contribution in [3.05, 3.63) is 34.9 Å². The first-order valence-corrected chi connectivity index (χ1v) is 4.01. The van der Waals surface area contributed by atoms with Gasteiger partial charge < -0.3 is 4.79 Å². The van der Waals surface area contributed by atoms with Crippen LogP contribution in [0.25, 0.3) is 0 Å². The molecule has 0 amide bonds. The van der Waals surface area contributed by atoms with E-state index >= 15 is 0 Å². The molecule has 4 heteroatoms. The Morgan fingerprint density at radius 2 is 2.15 bits per heavy atom. The third-order valence-corrected chi connectivity index (χ3v) is 1.82. The van der Waals surface area contributed by atoms with E-state index in [0.717, 1.165) is 6.07 Å². The van der Waals surface area contributed by atoms with E-state index in [-0.39, 0.29) is 16.9 Å². The summed E-state index contributed by atoms with van der Waals surface area (Å²) in [5.74, 6) is -3.12. The Bertz CT molecular complexity index is 312. The molecular formula is C9H7ClF2O. The summed E-state index contributed by atoms with van der Waals surface area (Å²) in [6.45, 7) is 0. The first-order valence-electron chi connectivity index (χ1n) is 3.64. The van der Waals surface area contributed by atoms with Crippen molar-refractivity contribution in [1.82, 2.24) is 0 Å². The molecule has 0 fully saturated rings. The fourth-order valence-corrected chi connectivity index (χ4v) is 1.13. The van der Waals surface area contributed by atoms with Crippen LogP contribution in [-0.4, -0.2) is 6.29 Å². The summed E-state index contributed by atoms with van der Waals surface area (Å²) in [7, 11) is 0. The van der Waals surface area contributed by atoms with Crippen LogP contribution in [0.5, 0.6) is 0 Å². The predicted octanol–water partition coefficient (Wildman–Crippen LogP) is 3.02. The van der Waals surface area contributed by atoms with Crippen LogP contribution in [0.15, 0.2) is 24.3 Å². The summed E-state index contributed by atoms with van der Waals surface area (Å²) in [6.07, 6.45) is -0.617. The maximum absolute atomic E-state index is 13.0. The molecule has 0 unspecified atom stereocenters. The summed E-state index contributed by atoms with van der Waals surface area (Å²) in [5, 5.41) is 0.239. The lowest BCUT2D eigenvalue weighted by atomic mass is 10.1. The van der Waals surface area contributed by atoms with Crippen LogP contribution < -0.4 is 0 Å². The lowest BCUT2D eigenvalue weighted by molar-refractivity contribution is -0.115. The highest BCUT2D eigenvalue weighted by Crippen LogP contribution is 2.31. The fraction of sp³-hybridized carbons (Fsp3) is 0.222. The third kappa shape index (κ3) is 2.49. The minimum atomic E-state index is -3.12. The molecule has 0 saturated heterocycles. The molecule has 1 nitrogen and oxygen atoms in total. The van der Waals surface area contributed by atoms with Gasteiger partial charge in [-0.05, 0) is 12.1 Å². The van der Waals surface area contributed by atoms with E-state index in [1.165, 1.54) is 18.2 Å². The molecule has 0 saturated carbocycles. The molecule has 13 heavy (non-hydrogen) atoms. The average molecular weight is 205 g/mol. The Hall–Kier alpha value is -0.960. The Kier molecular flexibility index (Phi) is 2.98. The number of benzene rings is 1. The van der Waals surface area contributed by atoms with Gasteiger partial charge in [0.15, 0.2) is 0 Å². The van der Waals surface area contributed by atoms with Crippen molar-refractivity contribution in [2.24, 2.45) is 0 Å². The topological polar surface area (TPSA) is 17.1 Å². The van der Waals surface area contributed by atoms with Gasteiger partial charge in [-0.2, -0.15) is 0 Å². The Labute approximate surface area is 79.3 Å².